The zero-order valence-electron chi connectivity index (χ0n) is 39.8. The molecule has 1 aliphatic rings. The first-order valence-electron chi connectivity index (χ1n) is 23.3. The lowest BCUT2D eigenvalue weighted by atomic mass is 9.84. The molecule has 0 spiro atoms. The third-order valence-electron chi connectivity index (χ3n) is 14.0. The minimum atomic E-state index is -0.350. The Morgan fingerprint density at radius 3 is 1.54 bits per heavy atom. The molecule has 10 aromatic rings. The Labute approximate surface area is 384 Å². The fraction of sp³-hybridized carbons (Fsp3) is 0.246. The number of furan rings is 1. The number of aromatic nitrogens is 1. The number of anilines is 6. The summed E-state index contributed by atoms with van der Waals surface area (Å²) in [5.74, 6) is 0. The topological polar surface area (TPSA) is 24.0 Å². The lowest BCUT2D eigenvalue weighted by molar-refractivity contribution is 0.590. The van der Waals surface area contributed by atoms with Crippen molar-refractivity contribution in [2.75, 3.05) is 9.80 Å². The number of benzene rings is 7. The maximum atomic E-state index is 7.30. The monoisotopic (exact) mass is 849 g/mol. The van der Waals surface area contributed by atoms with Crippen LogP contribution >= 0.6 is 0 Å². The molecule has 65 heavy (non-hydrogen) atoms. The van der Waals surface area contributed by atoms with E-state index in [9.17, 15) is 0 Å². The second-order valence-electron chi connectivity index (χ2n) is 21.9. The lowest BCUT2D eigenvalue weighted by Crippen LogP contribution is -2.20. The summed E-state index contributed by atoms with van der Waals surface area (Å²) in [7, 11) is 0. The SMILES string of the molecule is CC(C)(C)c1cc2c3c(n4c5oc6cc(N(c7ccccc7)c7ccccc7C(C)(C)C)ccc6c5c(c1)c24)C(C)(C)c1cc(N(c2ccccc2)c2ccccc2C(C)(C)C)ccc1-3. The normalized spacial score (nSPS) is 13.9. The molecule has 1 aliphatic carbocycles. The van der Waals surface area contributed by atoms with Gasteiger partial charge in [-0.05, 0) is 117 Å². The molecule has 0 fully saturated rings. The minimum Gasteiger partial charge on any atom is -0.439 e. The molecule has 0 atom stereocenters. The van der Waals surface area contributed by atoms with E-state index in [2.05, 4.69) is 248 Å². The first-order chi connectivity index (χ1) is 30.9. The molecular weight excluding hydrogens is 791 g/mol. The standard InChI is InChI=1S/C61H59N3O/c1-58(2,3)38-34-45-53-43-32-30-41(62(39-22-14-12-15-23-39)50-28-20-18-26-47(50)59(4,5)6)36-49(43)61(10,11)56(53)64-55(45)46(35-38)54-44-33-31-42(37-52(44)65-57(54)64)63(40-24-16-13-17-25-40)51-29-21-19-27-48(51)60(7,8)9/h12-37H,1-11H3. The van der Waals surface area contributed by atoms with Crippen LogP contribution in [0.25, 0.3) is 49.5 Å². The molecule has 4 heteroatoms. The highest BCUT2D eigenvalue weighted by atomic mass is 16.3. The van der Waals surface area contributed by atoms with E-state index in [1.165, 1.54) is 72.1 Å². The van der Waals surface area contributed by atoms with Crippen molar-refractivity contribution in [2.45, 2.75) is 97.8 Å². The molecule has 4 nitrogen and oxygen atoms in total. The van der Waals surface area contributed by atoms with Crippen LogP contribution in [0.3, 0.4) is 0 Å². The second-order valence-corrected chi connectivity index (χ2v) is 21.9. The summed E-state index contributed by atoms with van der Waals surface area (Å²) < 4.78 is 9.79. The first-order valence-corrected chi connectivity index (χ1v) is 23.3. The van der Waals surface area contributed by atoms with Crippen molar-refractivity contribution in [1.82, 2.24) is 4.40 Å². The van der Waals surface area contributed by atoms with Gasteiger partial charge in [0, 0.05) is 73.0 Å². The molecule has 0 saturated carbocycles. The van der Waals surface area contributed by atoms with Crippen molar-refractivity contribution < 1.29 is 4.42 Å². The zero-order valence-corrected chi connectivity index (χ0v) is 39.8. The molecule has 0 radical (unpaired) electrons. The Morgan fingerprint density at radius 2 is 0.985 bits per heavy atom. The lowest BCUT2D eigenvalue weighted by Gasteiger charge is -2.33. The predicted octanol–water partition coefficient (Wildman–Crippen LogP) is 17.6. The number of hydrogen-bond acceptors (Lipinski definition) is 3. The Hall–Kier alpha value is -6.78. The van der Waals surface area contributed by atoms with E-state index < -0.39 is 0 Å². The van der Waals surface area contributed by atoms with Crippen molar-refractivity contribution in [3.63, 3.8) is 0 Å². The Kier molecular flexibility index (Phi) is 8.89. The average Bonchev–Trinajstić information content (AvgIpc) is 3.98. The summed E-state index contributed by atoms with van der Waals surface area (Å²) in [4.78, 5) is 4.84. The van der Waals surface area contributed by atoms with Crippen LogP contribution in [0.1, 0.15) is 104 Å². The Morgan fingerprint density at radius 1 is 0.477 bits per heavy atom. The van der Waals surface area contributed by atoms with Gasteiger partial charge in [0.05, 0.1) is 10.9 Å². The number of fused-ring (bicyclic) bond motifs is 10. The van der Waals surface area contributed by atoms with Crippen LogP contribution in [0.2, 0.25) is 0 Å². The molecule has 3 aromatic heterocycles. The van der Waals surface area contributed by atoms with E-state index in [-0.39, 0.29) is 21.7 Å². The van der Waals surface area contributed by atoms with Gasteiger partial charge < -0.3 is 14.2 Å². The number of nitrogens with zero attached hydrogens (tertiary/aromatic N) is 3. The van der Waals surface area contributed by atoms with Gasteiger partial charge in [-0.1, -0.05) is 155 Å². The van der Waals surface area contributed by atoms with Crippen molar-refractivity contribution in [3.05, 3.63) is 186 Å². The third-order valence-corrected chi connectivity index (χ3v) is 14.0. The van der Waals surface area contributed by atoms with Gasteiger partial charge in [-0.3, -0.25) is 4.40 Å². The average molecular weight is 850 g/mol. The highest BCUT2D eigenvalue weighted by Crippen LogP contribution is 2.58. The summed E-state index contributed by atoms with van der Waals surface area (Å²) in [5.41, 5.74) is 18.5. The molecule has 324 valence electrons. The predicted molar refractivity (Wildman–Crippen MR) is 276 cm³/mol. The van der Waals surface area contributed by atoms with E-state index in [1.54, 1.807) is 0 Å². The molecule has 7 aromatic carbocycles. The van der Waals surface area contributed by atoms with Gasteiger partial charge in [0.2, 0.25) is 5.71 Å². The van der Waals surface area contributed by atoms with Crippen LogP contribution in [0.4, 0.5) is 34.1 Å². The quantitative estimate of drug-likeness (QED) is 0.167. The summed E-state index contributed by atoms with van der Waals surface area (Å²) in [6.45, 7) is 25.6. The maximum absolute atomic E-state index is 7.30. The van der Waals surface area contributed by atoms with Gasteiger partial charge in [0.15, 0.2) is 0 Å². The molecule has 0 aliphatic heterocycles. The van der Waals surface area contributed by atoms with E-state index in [4.69, 9.17) is 4.42 Å². The van der Waals surface area contributed by atoms with Crippen molar-refractivity contribution in [3.8, 4) is 11.1 Å². The van der Waals surface area contributed by atoms with Crippen molar-refractivity contribution in [2.24, 2.45) is 0 Å². The Balaban J connectivity index is 1.15. The molecule has 11 rings (SSSR count). The molecule has 0 unspecified atom stereocenters. The van der Waals surface area contributed by atoms with Gasteiger partial charge >= 0.3 is 0 Å². The van der Waals surface area contributed by atoms with Gasteiger partial charge in [-0.2, -0.15) is 0 Å². The number of para-hydroxylation sites is 4. The summed E-state index contributed by atoms with van der Waals surface area (Å²) >= 11 is 0. The van der Waals surface area contributed by atoms with Crippen LogP contribution in [0.15, 0.2) is 162 Å². The van der Waals surface area contributed by atoms with E-state index >= 15 is 0 Å². The van der Waals surface area contributed by atoms with Crippen molar-refractivity contribution in [1.29, 1.82) is 0 Å². The van der Waals surface area contributed by atoms with E-state index in [0.717, 1.165) is 39.4 Å². The highest BCUT2D eigenvalue weighted by molar-refractivity contribution is 6.26. The molecule has 3 heterocycles. The second kappa shape index (κ2) is 14.1. The van der Waals surface area contributed by atoms with Crippen LogP contribution in [0.5, 0.6) is 0 Å². The van der Waals surface area contributed by atoms with Crippen LogP contribution in [-0.2, 0) is 21.7 Å². The maximum Gasteiger partial charge on any atom is 0.213 e. The Bertz CT molecular complexity index is 3460. The molecule has 0 bridgehead atoms. The van der Waals surface area contributed by atoms with E-state index in [1.807, 2.05) is 0 Å². The zero-order chi connectivity index (χ0) is 45.4. The van der Waals surface area contributed by atoms with Crippen LogP contribution in [-0.4, -0.2) is 4.40 Å². The molecule has 0 amide bonds. The fourth-order valence-corrected chi connectivity index (χ4v) is 10.9. The molecule has 0 saturated heterocycles. The smallest absolute Gasteiger partial charge is 0.213 e. The summed E-state index contributed by atoms with van der Waals surface area (Å²) in [6.07, 6.45) is 0. The number of rotatable bonds is 6. The van der Waals surface area contributed by atoms with Crippen molar-refractivity contribution >= 4 is 72.5 Å². The molecular formula is C61H59N3O. The van der Waals surface area contributed by atoms with E-state index in [0.29, 0.717) is 0 Å². The van der Waals surface area contributed by atoms with Crippen LogP contribution < -0.4 is 9.80 Å². The van der Waals surface area contributed by atoms with Gasteiger partial charge in [0.25, 0.3) is 0 Å². The first kappa shape index (κ1) is 41.0. The van der Waals surface area contributed by atoms with Crippen LogP contribution in [0, 0.1) is 0 Å². The number of hydrogen-bond donors (Lipinski definition) is 0. The largest absolute Gasteiger partial charge is 0.439 e. The minimum absolute atomic E-state index is 0.0495. The summed E-state index contributed by atoms with van der Waals surface area (Å²) in [6, 6.07) is 58.2. The third kappa shape index (κ3) is 6.24. The van der Waals surface area contributed by atoms with Gasteiger partial charge in [-0.15, -0.1) is 0 Å². The molecule has 0 N–H and O–H groups in total. The fourth-order valence-electron chi connectivity index (χ4n) is 10.9. The summed E-state index contributed by atoms with van der Waals surface area (Å²) in [5, 5.41) is 4.87. The van der Waals surface area contributed by atoms with Gasteiger partial charge in [-0.25, -0.2) is 0 Å². The highest BCUT2D eigenvalue weighted by Gasteiger charge is 2.43. The van der Waals surface area contributed by atoms with Gasteiger partial charge in [0.1, 0.15) is 5.58 Å².